The molecule has 4 heteroatoms. The third-order valence-corrected chi connectivity index (χ3v) is 2.98. The number of rotatable bonds is 2. The fraction of sp³-hybridized carbons (Fsp3) is 0.500. The van der Waals surface area contributed by atoms with Gasteiger partial charge in [0.1, 0.15) is 5.82 Å². The maximum atomic E-state index is 13.5. The van der Waals surface area contributed by atoms with E-state index in [2.05, 4.69) is 5.32 Å². The van der Waals surface area contributed by atoms with Crippen LogP contribution in [0, 0.1) is 11.6 Å². The highest BCUT2D eigenvalue weighted by molar-refractivity contribution is 5.38. The Labute approximate surface area is 93.6 Å². The molecular weight excluding hydrogens is 212 g/mol. The largest absolute Gasteiger partial charge is 0.493 e. The lowest BCUT2D eigenvalue weighted by atomic mass is 9.91. The Morgan fingerprint density at radius 3 is 2.81 bits per heavy atom. The Bertz CT molecular complexity index is 376. The molecule has 2 rings (SSSR count). The van der Waals surface area contributed by atoms with E-state index < -0.39 is 11.6 Å². The average molecular weight is 227 g/mol. The molecule has 1 aromatic carbocycles. The standard InChI is InChI=1S/C12H15F2NO/c1-16-12-10(5-9(13)6-11(12)14)8-3-2-4-15-7-8/h5-6,8,15H,2-4,7H2,1H3. The molecule has 1 atom stereocenters. The highest BCUT2D eigenvalue weighted by Gasteiger charge is 2.22. The summed E-state index contributed by atoms with van der Waals surface area (Å²) in [5.41, 5.74) is 0.632. The van der Waals surface area contributed by atoms with E-state index in [1.165, 1.54) is 13.2 Å². The molecule has 1 heterocycles. The van der Waals surface area contributed by atoms with E-state index in [4.69, 9.17) is 4.74 Å². The summed E-state index contributed by atoms with van der Waals surface area (Å²) in [7, 11) is 1.41. The van der Waals surface area contributed by atoms with Gasteiger partial charge in [0.05, 0.1) is 7.11 Å². The van der Waals surface area contributed by atoms with Gasteiger partial charge in [-0.3, -0.25) is 0 Å². The van der Waals surface area contributed by atoms with Crippen LogP contribution in [-0.2, 0) is 0 Å². The number of methoxy groups -OCH3 is 1. The average Bonchev–Trinajstić information content (AvgIpc) is 2.29. The normalized spacial score (nSPS) is 20.8. The molecule has 1 aliphatic rings. The van der Waals surface area contributed by atoms with Crippen LogP contribution in [0.2, 0.25) is 0 Å². The lowest BCUT2D eigenvalue weighted by Crippen LogP contribution is -2.28. The third kappa shape index (κ3) is 2.16. The molecule has 16 heavy (non-hydrogen) atoms. The van der Waals surface area contributed by atoms with Crippen LogP contribution in [0.3, 0.4) is 0 Å². The van der Waals surface area contributed by atoms with Crippen LogP contribution in [0.25, 0.3) is 0 Å². The van der Waals surface area contributed by atoms with Gasteiger partial charge in [0.25, 0.3) is 0 Å². The summed E-state index contributed by atoms with van der Waals surface area (Å²) in [6.07, 6.45) is 1.96. The maximum Gasteiger partial charge on any atom is 0.168 e. The fourth-order valence-corrected chi connectivity index (χ4v) is 2.22. The number of halogens is 2. The van der Waals surface area contributed by atoms with Gasteiger partial charge < -0.3 is 10.1 Å². The number of hydrogen-bond acceptors (Lipinski definition) is 2. The second-order valence-electron chi connectivity index (χ2n) is 4.05. The zero-order valence-electron chi connectivity index (χ0n) is 9.22. The van der Waals surface area contributed by atoms with Crippen molar-refractivity contribution in [3.05, 3.63) is 29.3 Å². The first-order valence-corrected chi connectivity index (χ1v) is 5.46. The van der Waals surface area contributed by atoms with Crippen molar-refractivity contribution in [3.8, 4) is 5.75 Å². The summed E-state index contributed by atoms with van der Waals surface area (Å²) < 4.78 is 31.7. The van der Waals surface area contributed by atoms with Crippen molar-refractivity contribution in [2.45, 2.75) is 18.8 Å². The summed E-state index contributed by atoms with van der Waals surface area (Å²) in [6, 6.07) is 2.23. The van der Waals surface area contributed by atoms with Crippen LogP contribution < -0.4 is 10.1 Å². The topological polar surface area (TPSA) is 21.3 Å². The van der Waals surface area contributed by atoms with Gasteiger partial charge in [-0.15, -0.1) is 0 Å². The highest BCUT2D eigenvalue weighted by Crippen LogP contribution is 2.33. The van der Waals surface area contributed by atoms with Crippen molar-refractivity contribution < 1.29 is 13.5 Å². The summed E-state index contributed by atoms with van der Waals surface area (Å²) in [5.74, 6) is -0.856. The molecule has 1 aliphatic heterocycles. The van der Waals surface area contributed by atoms with E-state index in [9.17, 15) is 8.78 Å². The Balaban J connectivity index is 2.36. The second kappa shape index (κ2) is 4.78. The molecule has 1 saturated heterocycles. The quantitative estimate of drug-likeness (QED) is 0.837. The van der Waals surface area contributed by atoms with Crippen molar-refractivity contribution in [3.63, 3.8) is 0 Å². The molecular formula is C12H15F2NO. The van der Waals surface area contributed by atoms with E-state index in [1.54, 1.807) is 0 Å². The van der Waals surface area contributed by atoms with E-state index in [1.807, 2.05) is 0 Å². The second-order valence-corrected chi connectivity index (χ2v) is 4.05. The monoisotopic (exact) mass is 227 g/mol. The molecule has 0 spiro atoms. The summed E-state index contributed by atoms with van der Waals surface area (Å²) >= 11 is 0. The van der Waals surface area contributed by atoms with Crippen molar-refractivity contribution in [2.75, 3.05) is 20.2 Å². The summed E-state index contributed by atoms with van der Waals surface area (Å²) in [4.78, 5) is 0. The van der Waals surface area contributed by atoms with Crippen LogP contribution >= 0.6 is 0 Å². The van der Waals surface area contributed by atoms with Crippen LogP contribution in [0.1, 0.15) is 24.3 Å². The predicted molar refractivity (Wildman–Crippen MR) is 57.8 cm³/mol. The van der Waals surface area contributed by atoms with Gasteiger partial charge in [-0.25, -0.2) is 8.78 Å². The number of benzene rings is 1. The van der Waals surface area contributed by atoms with E-state index in [0.29, 0.717) is 5.56 Å². The number of nitrogens with one attached hydrogen (secondary N) is 1. The molecule has 1 aromatic rings. The SMILES string of the molecule is COc1c(F)cc(F)cc1C1CCCNC1. The Kier molecular flexibility index (Phi) is 3.39. The molecule has 0 radical (unpaired) electrons. The number of piperidine rings is 1. The smallest absolute Gasteiger partial charge is 0.168 e. The minimum Gasteiger partial charge on any atom is -0.493 e. The van der Waals surface area contributed by atoms with Gasteiger partial charge in [0.2, 0.25) is 0 Å². The van der Waals surface area contributed by atoms with Crippen molar-refractivity contribution in [1.82, 2.24) is 5.32 Å². The lowest BCUT2D eigenvalue weighted by Gasteiger charge is -2.24. The van der Waals surface area contributed by atoms with Crippen molar-refractivity contribution >= 4 is 0 Å². The van der Waals surface area contributed by atoms with Crippen LogP contribution in [-0.4, -0.2) is 20.2 Å². The fourth-order valence-electron chi connectivity index (χ4n) is 2.22. The molecule has 88 valence electrons. The zero-order valence-corrected chi connectivity index (χ0v) is 9.22. The third-order valence-electron chi connectivity index (χ3n) is 2.98. The molecule has 1 N–H and O–H groups in total. The van der Waals surface area contributed by atoms with Gasteiger partial charge in [-0.1, -0.05) is 0 Å². The van der Waals surface area contributed by atoms with Crippen molar-refractivity contribution in [2.24, 2.45) is 0 Å². The van der Waals surface area contributed by atoms with E-state index in [-0.39, 0.29) is 11.7 Å². The van der Waals surface area contributed by atoms with E-state index >= 15 is 0 Å². The molecule has 0 bridgehead atoms. The van der Waals surface area contributed by atoms with E-state index in [0.717, 1.165) is 32.0 Å². The van der Waals surface area contributed by atoms with Gasteiger partial charge >= 0.3 is 0 Å². The summed E-state index contributed by atoms with van der Waals surface area (Å²) in [6.45, 7) is 1.72. The molecule has 1 fully saturated rings. The number of hydrogen-bond donors (Lipinski definition) is 1. The van der Waals surface area contributed by atoms with Gasteiger partial charge in [-0.2, -0.15) is 0 Å². The Morgan fingerprint density at radius 2 is 2.19 bits per heavy atom. The minimum atomic E-state index is -0.622. The number of ether oxygens (including phenoxy) is 1. The molecule has 0 amide bonds. The summed E-state index contributed by atoms with van der Waals surface area (Å²) in [5, 5.41) is 3.22. The molecule has 2 nitrogen and oxygen atoms in total. The molecule has 1 unspecified atom stereocenters. The Hall–Kier alpha value is -1.16. The highest BCUT2D eigenvalue weighted by atomic mass is 19.1. The van der Waals surface area contributed by atoms with Crippen LogP contribution in [0.5, 0.6) is 5.75 Å². The maximum absolute atomic E-state index is 13.5. The van der Waals surface area contributed by atoms with Gasteiger partial charge in [0, 0.05) is 24.1 Å². The first kappa shape index (κ1) is 11.3. The van der Waals surface area contributed by atoms with Crippen molar-refractivity contribution in [1.29, 1.82) is 0 Å². The van der Waals surface area contributed by atoms with Crippen LogP contribution in [0.4, 0.5) is 8.78 Å². The molecule has 0 aliphatic carbocycles. The van der Waals surface area contributed by atoms with Crippen LogP contribution in [0.15, 0.2) is 12.1 Å². The first-order chi connectivity index (χ1) is 7.72. The molecule has 0 aromatic heterocycles. The van der Waals surface area contributed by atoms with Gasteiger partial charge in [0.15, 0.2) is 11.6 Å². The predicted octanol–water partition coefficient (Wildman–Crippen LogP) is 2.44. The van der Waals surface area contributed by atoms with Gasteiger partial charge in [-0.05, 0) is 25.5 Å². The molecule has 0 saturated carbocycles. The minimum absolute atomic E-state index is 0.133. The zero-order chi connectivity index (χ0) is 11.5. The first-order valence-electron chi connectivity index (χ1n) is 5.46. The Morgan fingerprint density at radius 1 is 1.38 bits per heavy atom. The lowest BCUT2D eigenvalue weighted by molar-refractivity contribution is 0.365.